The van der Waals surface area contributed by atoms with E-state index in [1.54, 1.807) is 0 Å². The maximum atomic E-state index is 5.50. The second-order valence-corrected chi connectivity index (χ2v) is 18.1. The van der Waals surface area contributed by atoms with Crippen molar-refractivity contribution in [2.24, 2.45) is 0 Å². The fourth-order valence-corrected chi connectivity index (χ4v) is 11.4. The molecule has 0 saturated carbocycles. The van der Waals surface area contributed by atoms with E-state index in [9.17, 15) is 0 Å². The number of hydrogen-bond acceptors (Lipinski definition) is 3. The van der Waals surface area contributed by atoms with Crippen LogP contribution in [-0.2, 0) is 5.41 Å². The monoisotopic (exact) mass is 878 g/mol. The number of nitrogens with zero attached hydrogens (tertiary/aromatic N) is 4. The Morgan fingerprint density at radius 3 is 1.45 bits per heavy atom. The molecule has 2 aliphatic rings. The second-order valence-electron chi connectivity index (χ2n) is 18.1. The first-order valence-electron chi connectivity index (χ1n) is 23.7. The minimum atomic E-state index is -0.596. The predicted octanol–water partition coefficient (Wildman–Crippen LogP) is 16.4. The van der Waals surface area contributed by atoms with E-state index in [2.05, 4.69) is 264 Å². The highest BCUT2D eigenvalue weighted by Gasteiger charge is 2.52. The first-order chi connectivity index (χ1) is 34.2. The molecule has 0 fully saturated rings. The molecule has 0 bridgehead atoms. The first-order valence-corrected chi connectivity index (χ1v) is 23.7. The van der Waals surface area contributed by atoms with Crippen LogP contribution < -0.4 is 4.90 Å². The van der Waals surface area contributed by atoms with Gasteiger partial charge in [0.25, 0.3) is 0 Å². The lowest BCUT2D eigenvalue weighted by molar-refractivity contribution is 0.750. The number of fused-ring (bicyclic) bond motifs is 12. The van der Waals surface area contributed by atoms with E-state index in [0.717, 1.165) is 50.7 Å². The Bertz CT molecular complexity index is 3850. The molecular formula is C65H42N4. The lowest BCUT2D eigenvalue weighted by atomic mass is 9.64. The smallest absolute Gasteiger partial charge is 0.235 e. The quantitative estimate of drug-likeness (QED) is 0.167. The molecule has 0 N–H and O–H groups in total. The SMILES string of the molecule is c1ccc(-c2ccc(-n3c4ccccc4c4cc(-c5ccc6c(c5)N(c5nc(-c7ccccc7)cc(-c7ccccc7)n5)c5ccccc5C65c6ccccc6-c6ccccc65)ccc43)cc2)cc1. The normalized spacial score (nSPS) is 13.0. The van der Waals surface area contributed by atoms with Crippen molar-refractivity contribution in [3.05, 3.63) is 277 Å². The molecule has 69 heavy (non-hydrogen) atoms. The van der Waals surface area contributed by atoms with Crippen molar-refractivity contribution in [3.63, 3.8) is 0 Å². The molecule has 0 unspecified atom stereocenters. The number of hydrogen-bond donors (Lipinski definition) is 0. The van der Waals surface area contributed by atoms with E-state index in [-0.39, 0.29) is 0 Å². The molecule has 3 heterocycles. The van der Waals surface area contributed by atoms with Crippen LogP contribution in [0.5, 0.6) is 0 Å². The number of anilines is 3. The summed E-state index contributed by atoms with van der Waals surface area (Å²) >= 11 is 0. The van der Waals surface area contributed by atoms with Gasteiger partial charge in [-0.05, 0) is 104 Å². The van der Waals surface area contributed by atoms with Gasteiger partial charge in [0.2, 0.25) is 5.95 Å². The Hall–Kier alpha value is -9.12. The number of rotatable bonds is 6. The van der Waals surface area contributed by atoms with E-state index < -0.39 is 5.41 Å². The van der Waals surface area contributed by atoms with Crippen LogP contribution in [0.3, 0.4) is 0 Å². The van der Waals surface area contributed by atoms with Crippen LogP contribution in [-0.4, -0.2) is 14.5 Å². The summed E-state index contributed by atoms with van der Waals surface area (Å²) in [5.41, 5.74) is 20.9. The molecule has 14 rings (SSSR count). The molecule has 1 aliphatic carbocycles. The van der Waals surface area contributed by atoms with Gasteiger partial charge in [-0.3, -0.25) is 4.90 Å². The van der Waals surface area contributed by atoms with Gasteiger partial charge in [0.15, 0.2) is 0 Å². The molecule has 1 aliphatic heterocycles. The molecule has 4 nitrogen and oxygen atoms in total. The third kappa shape index (κ3) is 5.95. The van der Waals surface area contributed by atoms with E-state index in [1.165, 1.54) is 66.3 Å². The molecule has 0 amide bonds. The van der Waals surface area contributed by atoms with Crippen molar-refractivity contribution < 1.29 is 0 Å². The van der Waals surface area contributed by atoms with Gasteiger partial charge in [-0.15, -0.1) is 0 Å². The topological polar surface area (TPSA) is 34.0 Å². The molecule has 0 radical (unpaired) electrons. The van der Waals surface area contributed by atoms with Crippen LogP contribution in [0.15, 0.2) is 255 Å². The molecule has 0 atom stereocenters. The van der Waals surface area contributed by atoms with Crippen LogP contribution in [0.2, 0.25) is 0 Å². The number of benzene rings is 10. The average molecular weight is 879 g/mol. The van der Waals surface area contributed by atoms with Gasteiger partial charge in [0.1, 0.15) is 0 Å². The van der Waals surface area contributed by atoms with Crippen LogP contribution in [0.4, 0.5) is 17.3 Å². The van der Waals surface area contributed by atoms with Gasteiger partial charge >= 0.3 is 0 Å². The zero-order valence-corrected chi connectivity index (χ0v) is 37.5. The number of para-hydroxylation sites is 2. The molecule has 2 aromatic heterocycles. The van der Waals surface area contributed by atoms with Crippen molar-refractivity contribution in [2.75, 3.05) is 4.90 Å². The van der Waals surface area contributed by atoms with Gasteiger partial charge in [0.05, 0.1) is 39.2 Å². The maximum Gasteiger partial charge on any atom is 0.235 e. The number of aromatic nitrogens is 3. The fourth-order valence-electron chi connectivity index (χ4n) is 11.4. The van der Waals surface area contributed by atoms with Gasteiger partial charge in [0, 0.05) is 27.6 Å². The Morgan fingerprint density at radius 2 is 0.783 bits per heavy atom. The summed E-state index contributed by atoms with van der Waals surface area (Å²) in [6.07, 6.45) is 0. The van der Waals surface area contributed by atoms with Gasteiger partial charge in [-0.1, -0.05) is 206 Å². The molecule has 0 saturated heterocycles. The van der Waals surface area contributed by atoms with Gasteiger partial charge in [-0.25, -0.2) is 9.97 Å². The lowest BCUT2D eigenvalue weighted by Crippen LogP contribution is -2.36. The highest BCUT2D eigenvalue weighted by atomic mass is 15.3. The van der Waals surface area contributed by atoms with E-state index in [4.69, 9.17) is 9.97 Å². The van der Waals surface area contributed by atoms with Crippen molar-refractivity contribution in [2.45, 2.75) is 5.41 Å². The van der Waals surface area contributed by atoms with Crippen molar-refractivity contribution in [3.8, 4) is 61.6 Å². The van der Waals surface area contributed by atoms with Crippen LogP contribution in [0, 0.1) is 0 Å². The molecule has 10 aromatic carbocycles. The zero-order valence-electron chi connectivity index (χ0n) is 37.5. The van der Waals surface area contributed by atoms with Gasteiger partial charge < -0.3 is 4.57 Å². The highest BCUT2D eigenvalue weighted by molar-refractivity contribution is 6.10. The second kappa shape index (κ2) is 15.5. The maximum absolute atomic E-state index is 5.50. The zero-order chi connectivity index (χ0) is 45.5. The standard InChI is InChI=1S/C65H42N4/c1-4-18-43(19-5-1)44-32-36-49(37-33-44)68-60-30-16-12-26-52(60)53-40-47(35-39-61(53)68)48-34-38-57-63(41-48)69(64-66-58(45-20-6-2-7-21-45)42-59(67-64)46-22-8-3-9-23-46)62-31-17-15-29-56(62)65(57)54-27-13-10-24-50(54)51-25-11-14-28-55(51)65/h1-42H. The Labute approximate surface area is 400 Å². The average Bonchev–Trinajstić information content (AvgIpc) is 3.92. The summed E-state index contributed by atoms with van der Waals surface area (Å²) in [7, 11) is 0. The summed E-state index contributed by atoms with van der Waals surface area (Å²) in [6, 6.07) is 92.3. The van der Waals surface area contributed by atoms with Crippen molar-refractivity contribution in [1.29, 1.82) is 0 Å². The molecule has 4 heteroatoms. The minimum Gasteiger partial charge on any atom is -0.309 e. The molecule has 1 spiro atoms. The third-order valence-corrected chi connectivity index (χ3v) is 14.4. The largest absolute Gasteiger partial charge is 0.309 e. The fraction of sp³-hybridized carbons (Fsp3) is 0.0154. The predicted molar refractivity (Wildman–Crippen MR) is 284 cm³/mol. The van der Waals surface area contributed by atoms with E-state index >= 15 is 0 Å². The van der Waals surface area contributed by atoms with Crippen molar-refractivity contribution in [1.82, 2.24) is 14.5 Å². The van der Waals surface area contributed by atoms with Gasteiger partial charge in [-0.2, -0.15) is 0 Å². The summed E-state index contributed by atoms with van der Waals surface area (Å²) in [6.45, 7) is 0. The summed E-state index contributed by atoms with van der Waals surface area (Å²) in [4.78, 5) is 13.3. The Morgan fingerprint density at radius 1 is 0.304 bits per heavy atom. The summed E-state index contributed by atoms with van der Waals surface area (Å²) in [5.74, 6) is 0.618. The van der Waals surface area contributed by atoms with Crippen LogP contribution >= 0.6 is 0 Å². The minimum absolute atomic E-state index is 0.596. The van der Waals surface area contributed by atoms with Crippen molar-refractivity contribution >= 4 is 39.1 Å². The molecular weight excluding hydrogens is 837 g/mol. The van der Waals surface area contributed by atoms with E-state index in [1.807, 2.05) is 0 Å². The van der Waals surface area contributed by atoms with Crippen LogP contribution in [0.1, 0.15) is 22.3 Å². The third-order valence-electron chi connectivity index (χ3n) is 14.4. The summed E-state index contributed by atoms with van der Waals surface area (Å²) < 4.78 is 2.40. The first kappa shape index (κ1) is 39.1. The van der Waals surface area contributed by atoms with E-state index in [0.29, 0.717) is 5.95 Å². The highest BCUT2D eigenvalue weighted by Crippen LogP contribution is 2.63. The summed E-state index contributed by atoms with van der Waals surface area (Å²) in [5, 5.41) is 2.42. The Kier molecular flexibility index (Phi) is 8.77. The van der Waals surface area contributed by atoms with Crippen LogP contribution in [0.25, 0.3) is 83.4 Å². The lowest BCUT2D eigenvalue weighted by Gasteiger charge is -2.44. The Balaban J connectivity index is 1.01. The molecule has 12 aromatic rings. The molecule has 322 valence electrons.